The molecule has 1 aliphatic rings. The number of carbonyl (C=O) groups is 1. The molecule has 0 radical (unpaired) electrons. The molecule has 0 bridgehead atoms. The molecule has 29 heavy (non-hydrogen) atoms. The molecule has 7 heteroatoms. The van der Waals surface area contributed by atoms with Crippen molar-refractivity contribution in [2.75, 3.05) is 20.1 Å². The molecule has 1 saturated heterocycles. The van der Waals surface area contributed by atoms with Crippen LogP contribution in [0.1, 0.15) is 48.7 Å². The summed E-state index contributed by atoms with van der Waals surface area (Å²) in [6, 6.07) is 14.0. The third-order valence-corrected chi connectivity index (χ3v) is 7.95. The predicted molar refractivity (Wildman–Crippen MR) is 116 cm³/mol. The Labute approximate surface area is 178 Å². The van der Waals surface area contributed by atoms with Gasteiger partial charge in [0.25, 0.3) is 5.91 Å². The number of hydrogen-bond donors (Lipinski definition) is 0. The van der Waals surface area contributed by atoms with E-state index in [2.05, 4.69) is 0 Å². The zero-order chi connectivity index (χ0) is 21.2. The maximum Gasteiger partial charge on any atom is 0.254 e. The van der Waals surface area contributed by atoms with Gasteiger partial charge < -0.3 is 4.90 Å². The van der Waals surface area contributed by atoms with Crippen molar-refractivity contribution in [3.8, 4) is 0 Å². The normalized spacial score (nSPS) is 19.0. The van der Waals surface area contributed by atoms with Gasteiger partial charge in [-0.25, -0.2) is 8.42 Å². The highest BCUT2D eigenvalue weighted by Gasteiger charge is 2.31. The monoisotopic (exact) mass is 434 g/mol. The summed E-state index contributed by atoms with van der Waals surface area (Å²) in [7, 11) is -2.03. The van der Waals surface area contributed by atoms with Gasteiger partial charge >= 0.3 is 0 Å². The number of benzene rings is 2. The third-order valence-electron chi connectivity index (χ3n) is 5.60. The van der Waals surface area contributed by atoms with Crippen molar-refractivity contribution in [2.24, 2.45) is 5.92 Å². The summed E-state index contributed by atoms with van der Waals surface area (Å²) in [5, 5.41) is 0.138. The Morgan fingerprint density at radius 3 is 2.55 bits per heavy atom. The van der Waals surface area contributed by atoms with Crippen molar-refractivity contribution in [1.29, 1.82) is 0 Å². The maximum absolute atomic E-state index is 13.2. The Morgan fingerprint density at radius 1 is 1.21 bits per heavy atom. The van der Waals surface area contributed by atoms with E-state index in [4.69, 9.17) is 11.6 Å². The second-order valence-corrected chi connectivity index (χ2v) is 10.1. The van der Waals surface area contributed by atoms with Gasteiger partial charge in [0.1, 0.15) is 4.90 Å². The Kier molecular flexibility index (Phi) is 6.66. The predicted octanol–water partition coefficient (Wildman–Crippen LogP) is 4.59. The molecule has 3 rings (SSSR count). The number of amides is 1. The van der Waals surface area contributed by atoms with Crippen LogP contribution in [0.5, 0.6) is 0 Å². The van der Waals surface area contributed by atoms with Gasteiger partial charge in [-0.3, -0.25) is 4.79 Å². The van der Waals surface area contributed by atoms with Gasteiger partial charge in [0, 0.05) is 25.7 Å². The van der Waals surface area contributed by atoms with E-state index in [0.717, 1.165) is 18.4 Å². The van der Waals surface area contributed by atoms with Crippen molar-refractivity contribution in [1.82, 2.24) is 9.21 Å². The van der Waals surface area contributed by atoms with Crippen molar-refractivity contribution < 1.29 is 13.2 Å². The lowest BCUT2D eigenvalue weighted by molar-refractivity contribution is 0.0742. The first-order valence-corrected chi connectivity index (χ1v) is 11.7. The van der Waals surface area contributed by atoms with E-state index in [9.17, 15) is 13.2 Å². The van der Waals surface area contributed by atoms with Gasteiger partial charge in [-0.1, -0.05) is 48.9 Å². The average molecular weight is 435 g/mol. The lowest BCUT2D eigenvalue weighted by Gasteiger charge is -2.30. The van der Waals surface area contributed by atoms with Crippen LogP contribution in [-0.2, 0) is 10.0 Å². The van der Waals surface area contributed by atoms with Gasteiger partial charge in [-0.05, 0) is 49.4 Å². The highest BCUT2D eigenvalue weighted by Crippen LogP contribution is 2.30. The first-order chi connectivity index (χ1) is 13.7. The van der Waals surface area contributed by atoms with Crippen molar-refractivity contribution in [2.45, 2.75) is 37.6 Å². The summed E-state index contributed by atoms with van der Waals surface area (Å²) < 4.78 is 27.8. The molecule has 156 valence electrons. The molecular formula is C22H27ClN2O3S. The van der Waals surface area contributed by atoms with Crippen LogP contribution in [0.4, 0.5) is 0 Å². The van der Waals surface area contributed by atoms with Crippen molar-refractivity contribution in [3.05, 3.63) is 64.7 Å². The summed E-state index contributed by atoms with van der Waals surface area (Å²) in [6.45, 7) is 4.94. The second-order valence-electron chi connectivity index (χ2n) is 7.76. The molecule has 0 aromatic heterocycles. The topological polar surface area (TPSA) is 57.7 Å². The van der Waals surface area contributed by atoms with E-state index in [1.54, 1.807) is 18.0 Å². The molecular weight excluding hydrogens is 408 g/mol. The van der Waals surface area contributed by atoms with Crippen LogP contribution in [-0.4, -0.2) is 43.7 Å². The quantitative estimate of drug-likeness (QED) is 0.691. The van der Waals surface area contributed by atoms with Crippen LogP contribution in [0.15, 0.2) is 53.4 Å². The van der Waals surface area contributed by atoms with E-state index in [0.29, 0.717) is 24.6 Å². The van der Waals surface area contributed by atoms with Crippen LogP contribution >= 0.6 is 11.6 Å². The number of piperidine rings is 1. The zero-order valence-corrected chi connectivity index (χ0v) is 18.6. The molecule has 2 atom stereocenters. The second kappa shape index (κ2) is 8.86. The molecule has 5 nitrogen and oxygen atoms in total. The summed E-state index contributed by atoms with van der Waals surface area (Å²) in [6.07, 6.45) is 1.84. The Morgan fingerprint density at radius 2 is 1.90 bits per heavy atom. The molecule has 0 aliphatic carbocycles. The number of rotatable bonds is 5. The fourth-order valence-electron chi connectivity index (χ4n) is 3.67. The summed E-state index contributed by atoms with van der Waals surface area (Å²) >= 11 is 6.25. The SMILES string of the molecule is C[C@H]1CCCN(S(=O)(=O)c2cc(C(=O)N(C)[C@H](C)c3ccccc3)ccc2Cl)C1. The summed E-state index contributed by atoms with van der Waals surface area (Å²) in [5.74, 6) is 0.0569. The van der Waals surface area contributed by atoms with Crippen LogP contribution < -0.4 is 0 Å². The minimum atomic E-state index is -3.75. The maximum atomic E-state index is 13.2. The molecule has 0 spiro atoms. The molecule has 0 N–H and O–H groups in total. The van der Waals surface area contributed by atoms with Crippen LogP contribution in [0.25, 0.3) is 0 Å². The van der Waals surface area contributed by atoms with Crippen molar-refractivity contribution >= 4 is 27.5 Å². The Hall–Kier alpha value is -1.89. The highest BCUT2D eigenvalue weighted by molar-refractivity contribution is 7.89. The standard InChI is InChI=1S/C22H27ClN2O3S/c1-16-8-7-13-25(15-16)29(27,28)21-14-19(11-12-20(21)23)22(26)24(3)17(2)18-9-5-4-6-10-18/h4-6,9-12,14,16-17H,7-8,13,15H2,1-3H3/t16-,17+/m0/s1. The van der Waals surface area contributed by atoms with E-state index in [-0.39, 0.29) is 21.9 Å². The molecule has 0 unspecified atom stereocenters. The number of nitrogens with zero attached hydrogens (tertiary/aromatic N) is 2. The van der Waals surface area contributed by atoms with Gasteiger partial charge in [0.2, 0.25) is 10.0 Å². The minimum Gasteiger partial charge on any atom is -0.335 e. The van der Waals surface area contributed by atoms with Gasteiger partial charge in [0.15, 0.2) is 0 Å². The smallest absolute Gasteiger partial charge is 0.254 e. The van der Waals surface area contributed by atoms with Gasteiger partial charge in [0.05, 0.1) is 11.1 Å². The lowest BCUT2D eigenvalue weighted by atomic mass is 10.0. The first-order valence-electron chi connectivity index (χ1n) is 9.83. The van der Waals surface area contributed by atoms with Crippen LogP contribution in [0.3, 0.4) is 0 Å². The zero-order valence-electron chi connectivity index (χ0n) is 17.0. The molecule has 1 aliphatic heterocycles. The fraction of sp³-hybridized carbons (Fsp3) is 0.409. The number of carbonyl (C=O) groups excluding carboxylic acids is 1. The molecule has 0 saturated carbocycles. The molecule has 1 heterocycles. The fourth-order valence-corrected chi connectivity index (χ4v) is 5.77. The molecule has 2 aromatic carbocycles. The minimum absolute atomic E-state index is 0.000110. The van der Waals surface area contributed by atoms with E-state index in [1.807, 2.05) is 44.2 Å². The van der Waals surface area contributed by atoms with Crippen molar-refractivity contribution in [3.63, 3.8) is 0 Å². The van der Waals surface area contributed by atoms with Crippen LogP contribution in [0.2, 0.25) is 5.02 Å². The summed E-state index contributed by atoms with van der Waals surface area (Å²) in [4.78, 5) is 14.7. The third kappa shape index (κ3) is 4.65. The van der Waals surface area contributed by atoms with Gasteiger partial charge in [-0.15, -0.1) is 0 Å². The van der Waals surface area contributed by atoms with E-state index < -0.39 is 10.0 Å². The average Bonchev–Trinajstić information content (AvgIpc) is 2.73. The number of hydrogen-bond acceptors (Lipinski definition) is 3. The lowest BCUT2D eigenvalue weighted by Crippen LogP contribution is -2.39. The summed E-state index contributed by atoms with van der Waals surface area (Å²) in [5.41, 5.74) is 1.32. The molecule has 1 amide bonds. The van der Waals surface area contributed by atoms with E-state index >= 15 is 0 Å². The largest absolute Gasteiger partial charge is 0.335 e. The first kappa shape index (κ1) is 21.8. The molecule has 2 aromatic rings. The van der Waals surface area contributed by atoms with E-state index in [1.165, 1.54) is 16.4 Å². The Balaban J connectivity index is 1.89. The highest BCUT2D eigenvalue weighted by atomic mass is 35.5. The van der Waals surface area contributed by atoms with Gasteiger partial charge in [-0.2, -0.15) is 4.31 Å². The number of halogens is 1. The Bertz CT molecular complexity index is 979. The van der Waals surface area contributed by atoms with Crippen LogP contribution in [0, 0.1) is 5.92 Å². The molecule has 1 fully saturated rings. The number of sulfonamides is 1.